The van der Waals surface area contributed by atoms with Crippen LogP contribution in [0.25, 0.3) is 0 Å². The molecule has 6 heteroatoms. The molecule has 0 unspecified atom stereocenters. The molecular weight excluding hydrogens is 308 g/mol. The Morgan fingerprint density at radius 3 is 2.46 bits per heavy atom. The molecule has 1 N–H and O–H groups in total. The van der Waals surface area contributed by atoms with Crippen molar-refractivity contribution in [1.29, 1.82) is 0 Å². The number of aromatic nitrogens is 1. The predicted octanol–water partition coefficient (Wildman–Crippen LogP) is 2.13. The summed E-state index contributed by atoms with van der Waals surface area (Å²) in [6.07, 6.45) is 4.11. The van der Waals surface area contributed by atoms with Gasteiger partial charge in [0.25, 0.3) is 5.91 Å². The molecule has 6 nitrogen and oxygen atoms in total. The molecule has 1 aromatic carbocycles. The Bertz CT molecular complexity index is 671. The second-order valence-corrected chi connectivity index (χ2v) is 5.34. The van der Waals surface area contributed by atoms with Gasteiger partial charge in [0.15, 0.2) is 19.0 Å². The number of carbonyl (C=O) groups excluding carboxylic acids is 2. The normalized spacial score (nSPS) is 11.5. The van der Waals surface area contributed by atoms with Gasteiger partial charge in [-0.05, 0) is 12.0 Å². The van der Waals surface area contributed by atoms with Crippen molar-refractivity contribution in [2.75, 3.05) is 6.61 Å². The summed E-state index contributed by atoms with van der Waals surface area (Å²) in [6.45, 7) is 1.68. The van der Waals surface area contributed by atoms with Crippen molar-refractivity contribution in [3.05, 3.63) is 71.2 Å². The Morgan fingerprint density at radius 2 is 1.83 bits per heavy atom. The van der Waals surface area contributed by atoms with Gasteiger partial charge >= 0.3 is 5.97 Å². The van der Waals surface area contributed by atoms with Crippen molar-refractivity contribution in [3.8, 4) is 0 Å². The van der Waals surface area contributed by atoms with Gasteiger partial charge in [-0.2, -0.15) is 4.73 Å². The average Bonchev–Trinajstić information content (AvgIpc) is 2.60. The number of carbonyl (C=O) groups is 2. The predicted molar refractivity (Wildman–Crippen MR) is 87.9 cm³/mol. The third-order valence-electron chi connectivity index (χ3n) is 3.49. The van der Waals surface area contributed by atoms with Gasteiger partial charge < -0.3 is 15.3 Å². The maximum Gasteiger partial charge on any atom is 0.339 e. The van der Waals surface area contributed by atoms with Gasteiger partial charge in [0.05, 0.1) is 11.6 Å². The van der Waals surface area contributed by atoms with Gasteiger partial charge in [-0.3, -0.25) is 4.79 Å². The lowest BCUT2D eigenvalue weighted by Crippen LogP contribution is -2.32. The Morgan fingerprint density at radius 1 is 1.17 bits per heavy atom. The van der Waals surface area contributed by atoms with Gasteiger partial charge in [0, 0.05) is 12.1 Å². The molecule has 2 aromatic rings. The first kappa shape index (κ1) is 17.5. The third-order valence-corrected chi connectivity index (χ3v) is 3.49. The number of amides is 1. The zero-order valence-electron chi connectivity index (χ0n) is 13.5. The molecule has 1 atom stereocenters. The Labute approximate surface area is 140 Å². The molecule has 126 valence electrons. The van der Waals surface area contributed by atoms with Gasteiger partial charge in [-0.1, -0.05) is 43.7 Å². The summed E-state index contributed by atoms with van der Waals surface area (Å²) in [4.78, 5) is 23.9. The quantitative estimate of drug-likeness (QED) is 0.479. The highest BCUT2D eigenvalue weighted by Crippen LogP contribution is 2.17. The molecule has 24 heavy (non-hydrogen) atoms. The van der Waals surface area contributed by atoms with Crippen LogP contribution in [0, 0.1) is 5.21 Å². The van der Waals surface area contributed by atoms with E-state index in [1.807, 2.05) is 37.3 Å². The molecular formula is C18H20N2O4. The van der Waals surface area contributed by atoms with Crippen LogP contribution in [-0.4, -0.2) is 18.5 Å². The van der Waals surface area contributed by atoms with E-state index in [2.05, 4.69) is 5.32 Å². The molecule has 1 heterocycles. The molecule has 1 aromatic heterocycles. The number of nitrogens with zero attached hydrogens (tertiary/aromatic N) is 1. The summed E-state index contributed by atoms with van der Waals surface area (Å²) in [6, 6.07) is 12.2. The van der Waals surface area contributed by atoms with Crippen molar-refractivity contribution in [1.82, 2.24) is 5.32 Å². The largest absolute Gasteiger partial charge is 0.619 e. The third kappa shape index (κ3) is 5.08. The SMILES string of the molecule is CCC[C@H](NC(=O)COC(=O)c1cc[n+]([O-])cc1)c1ccccc1. The first-order chi connectivity index (χ1) is 11.6. The lowest BCUT2D eigenvalue weighted by atomic mass is 10.0. The molecule has 0 fully saturated rings. The number of ether oxygens (including phenoxy) is 1. The summed E-state index contributed by atoms with van der Waals surface area (Å²) < 4.78 is 5.55. The second kappa shape index (κ2) is 8.67. The van der Waals surface area contributed by atoms with Gasteiger partial charge in [0.2, 0.25) is 0 Å². The lowest BCUT2D eigenvalue weighted by Gasteiger charge is -2.18. The number of nitrogens with one attached hydrogen (secondary N) is 1. The number of benzene rings is 1. The lowest BCUT2D eigenvalue weighted by molar-refractivity contribution is -0.605. The van der Waals surface area contributed by atoms with Crippen molar-refractivity contribution in [2.24, 2.45) is 0 Å². The van der Waals surface area contributed by atoms with Crippen LogP contribution in [-0.2, 0) is 9.53 Å². The highest BCUT2D eigenvalue weighted by Gasteiger charge is 2.16. The van der Waals surface area contributed by atoms with Crippen LogP contribution in [0.4, 0.5) is 0 Å². The van der Waals surface area contributed by atoms with Crippen LogP contribution in [0.5, 0.6) is 0 Å². The molecule has 0 spiro atoms. The van der Waals surface area contributed by atoms with Crippen molar-refractivity contribution in [3.63, 3.8) is 0 Å². The van der Waals surface area contributed by atoms with Crippen LogP contribution in [0.1, 0.15) is 41.7 Å². The number of hydrogen-bond acceptors (Lipinski definition) is 4. The summed E-state index contributed by atoms with van der Waals surface area (Å²) in [5.41, 5.74) is 1.24. The van der Waals surface area contributed by atoms with Crippen molar-refractivity contribution < 1.29 is 19.1 Å². The summed E-state index contributed by atoms with van der Waals surface area (Å²) in [5, 5.41) is 13.8. The molecule has 0 aliphatic carbocycles. The zero-order chi connectivity index (χ0) is 17.4. The summed E-state index contributed by atoms with van der Waals surface area (Å²) >= 11 is 0. The fourth-order valence-electron chi connectivity index (χ4n) is 2.30. The van der Waals surface area contributed by atoms with E-state index in [0.29, 0.717) is 4.73 Å². The Balaban J connectivity index is 1.89. The molecule has 2 rings (SSSR count). The van der Waals surface area contributed by atoms with Crippen LogP contribution in [0.3, 0.4) is 0 Å². The number of esters is 1. The number of pyridine rings is 1. The minimum atomic E-state index is -0.641. The van der Waals surface area contributed by atoms with Crippen LogP contribution < -0.4 is 10.0 Å². The maximum absolute atomic E-state index is 12.0. The second-order valence-electron chi connectivity index (χ2n) is 5.34. The van der Waals surface area contributed by atoms with E-state index >= 15 is 0 Å². The van der Waals surface area contributed by atoms with E-state index in [1.54, 1.807) is 0 Å². The molecule has 0 bridgehead atoms. The average molecular weight is 328 g/mol. The van der Waals surface area contributed by atoms with Crippen LogP contribution in [0.2, 0.25) is 0 Å². The molecule has 0 saturated carbocycles. The van der Waals surface area contributed by atoms with Crippen LogP contribution in [0.15, 0.2) is 54.9 Å². The highest BCUT2D eigenvalue weighted by molar-refractivity contribution is 5.91. The van der Waals surface area contributed by atoms with Crippen LogP contribution >= 0.6 is 0 Å². The summed E-state index contributed by atoms with van der Waals surface area (Å²) in [7, 11) is 0. The van der Waals surface area contributed by atoms with E-state index in [1.165, 1.54) is 24.5 Å². The standard InChI is InChI=1S/C18H20N2O4/c1-2-6-16(14-7-4-3-5-8-14)19-17(21)13-24-18(22)15-9-11-20(23)12-10-15/h3-5,7-12,16H,2,6,13H2,1H3,(H,19,21)/t16-/m0/s1. The van der Waals surface area contributed by atoms with E-state index < -0.39 is 5.97 Å². The molecule has 0 saturated heterocycles. The highest BCUT2D eigenvalue weighted by atomic mass is 16.5. The van der Waals surface area contributed by atoms with Crippen molar-refractivity contribution >= 4 is 11.9 Å². The van der Waals surface area contributed by atoms with Gasteiger partial charge in [-0.15, -0.1) is 0 Å². The maximum atomic E-state index is 12.0. The Hall–Kier alpha value is -2.89. The van der Waals surface area contributed by atoms with Crippen molar-refractivity contribution in [2.45, 2.75) is 25.8 Å². The molecule has 1 amide bonds. The van der Waals surface area contributed by atoms with E-state index in [9.17, 15) is 14.8 Å². The summed E-state index contributed by atoms with van der Waals surface area (Å²) in [5.74, 6) is -1.00. The molecule has 0 aliphatic heterocycles. The first-order valence-electron chi connectivity index (χ1n) is 7.80. The van der Waals surface area contributed by atoms with Gasteiger partial charge in [-0.25, -0.2) is 4.79 Å². The molecule has 0 aliphatic rings. The minimum absolute atomic E-state index is 0.112. The van der Waals surface area contributed by atoms with E-state index in [4.69, 9.17) is 4.74 Å². The smallest absolute Gasteiger partial charge is 0.339 e. The topological polar surface area (TPSA) is 82.3 Å². The Kier molecular flexibility index (Phi) is 6.31. The monoisotopic (exact) mass is 328 g/mol. The van der Waals surface area contributed by atoms with Gasteiger partial charge in [0.1, 0.15) is 0 Å². The number of rotatable bonds is 7. The first-order valence-corrected chi connectivity index (χ1v) is 7.80. The minimum Gasteiger partial charge on any atom is -0.619 e. The van der Waals surface area contributed by atoms with E-state index in [0.717, 1.165) is 18.4 Å². The number of hydrogen-bond donors (Lipinski definition) is 1. The zero-order valence-corrected chi connectivity index (χ0v) is 13.5. The fourth-order valence-corrected chi connectivity index (χ4v) is 2.30. The molecule has 0 radical (unpaired) electrons. The van der Waals surface area contributed by atoms with E-state index in [-0.39, 0.29) is 24.1 Å². The fraction of sp³-hybridized carbons (Fsp3) is 0.278.